The molecule has 0 saturated carbocycles. The highest BCUT2D eigenvalue weighted by molar-refractivity contribution is 5.73. The molecular weight excluding hydrogens is 298 g/mol. The van der Waals surface area contributed by atoms with Gasteiger partial charge >= 0.3 is 6.03 Å². The minimum atomic E-state index is -0.932. The standard InChI is InChI=1S/C16H17N3O4/c20-15(13-6-8-14(9-7-13)19(22)23)11-18-16(21)17-10-12-4-2-1-3-5-12/h1-9,15,20H,10-11H2,(H2,17,18,21). The van der Waals surface area contributed by atoms with Gasteiger partial charge in [-0.1, -0.05) is 30.3 Å². The summed E-state index contributed by atoms with van der Waals surface area (Å²) < 4.78 is 0. The third-order valence-corrected chi connectivity index (χ3v) is 3.24. The van der Waals surface area contributed by atoms with E-state index in [9.17, 15) is 20.0 Å². The van der Waals surface area contributed by atoms with E-state index < -0.39 is 17.1 Å². The van der Waals surface area contributed by atoms with E-state index in [0.29, 0.717) is 12.1 Å². The van der Waals surface area contributed by atoms with Crippen molar-refractivity contribution in [3.8, 4) is 0 Å². The van der Waals surface area contributed by atoms with Crippen molar-refractivity contribution in [1.29, 1.82) is 0 Å². The molecule has 0 aliphatic heterocycles. The normalized spacial score (nSPS) is 11.5. The van der Waals surface area contributed by atoms with Gasteiger partial charge < -0.3 is 15.7 Å². The number of amides is 2. The van der Waals surface area contributed by atoms with Gasteiger partial charge in [0.25, 0.3) is 5.69 Å². The number of nitro groups is 1. The first-order valence-electron chi connectivity index (χ1n) is 7.04. The molecular formula is C16H17N3O4. The van der Waals surface area contributed by atoms with Gasteiger partial charge in [-0.2, -0.15) is 0 Å². The fourth-order valence-corrected chi connectivity index (χ4v) is 1.97. The van der Waals surface area contributed by atoms with E-state index in [1.165, 1.54) is 24.3 Å². The largest absolute Gasteiger partial charge is 0.387 e. The summed E-state index contributed by atoms with van der Waals surface area (Å²) in [4.78, 5) is 21.7. The summed E-state index contributed by atoms with van der Waals surface area (Å²) in [6.07, 6.45) is -0.932. The molecule has 2 aromatic rings. The molecule has 0 saturated heterocycles. The highest BCUT2D eigenvalue weighted by Crippen LogP contribution is 2.17. The molecule has 0 bridgehead atoms. The van der Waals surface area contributed by atoms with Crippen LogP contribution >= 0.6 is 0 Å². The quantitative estimate of drug-likeness (QED) is 0.561. The Kier molecular flexibility index (Phi) is 5.65. The Hall–Kier alpha value is -2.93. The van der Waals surface area contributed by atoms with Crippen molar-refractivity contribution in [3.63, 3.8) is 0 Å². The van der Waals surface area contributed by atoms with Crippen LogP contribution in [0.15, 0.2) is 54.6 Å². The number of benzene rings is 2. The van der Waals surface area contributed by atoms with E-state index in [1.807, 2.05) is 30.3 Å². The van der Waals surface area contributed by atoms with Crippen molar-refractivity contribution in [2.75, 3.05) is 6.54 Å². The Morgan fingerprint density at radius 3 is 2.35 bits per heavy atom. The van der Waals surface area contributed by atoms with Crippen molar-refractivity contribution in [1.82, 2.24) is 10.6 Å². The number of hydrogen-bond acceptors (Lipinski definition) is 4. The van der Waals surface area contributed by atoms with Crippen molar-refractivity contribution < 1.29 is 14.8 Å². The average molecular weight is 315 g/mol. The van der Waals surface area contributed by atoms with Crippen molar-refractivity contribution in [3.05, 3.63) is 75.8 Å². The Bertz CT molecular complexity index is 659. The van der Waals surface area contributed by atoms with Crippen molar-refractivity contribution in [2.24, 2.45) is 0 Å². The van der Waals surface area contributed by atoms with Crippen LogP contribution in [-0.4, -0.2) is 22.6 Å². The third-order valence-electron chi connectivity index (χ3n) is 3.24. The molecule has 1 atom stereocenters. The topological polar surface area (TPSA) is 104 Å². The molecule has 0 fully saturated rings. The number of aliphatic hydroxyl groups is 1. The van der Waals surface area contributed by atoms with Crippen LogP contribution in [-0.2, 0) is 6.54 Å². The molecule has 7 nitrogen and oxygen atoms in total. The van der Waals surface area contributed by atoms with Gasteiger partial charge in [-0.15, -0.1) is 0 Å². The third kappa shape index (κ3) is 5.08. The highest BCUT2D eigenvalue weighted by Gasteiger charge is 2.11. The van der Waals surface area contributed by atoms with Crippen molar-refractivity contribution in [2.45, 2.75) is 12.6 Å². The molecule has 120 valence electrons. The molecule has 2 rings (SSSR count). The van der Waals surface area contributed by atoms with Crippen LogP contribution in [0.4, 0.5) is 10.5 Å². The first-order valence-corrected chi connectivity index (χ1v) is 7.04. The predicted molar refractivity (Wildman–Crippen MR) is 84.7 cm³/mol. The minimum absolute atomic E-state index is 0.0123. The fraction of sp³-hybridized carbons (Fsp3) is 0.188. The van der Waals surface area contributed by atoms with Gasteiger partial charge in [-0.3, -0.25) is 10.1 Å². The van der Waals surface area contributed by atoms with Crippen LogP contribution in [0.25, 0.3) is 0 Å². The molecule has 3 N–H and O–H groups in total. The second kappa shape index (κ2) is 7.90. The number of rotatable bonds is 6. The zero-order valence-corrected chi connectivity index (χ0v) is 12.3. The van der Waals surface area contributed by atoms with Gasteiger partial charge in [0.15, 0.2) is 0 Å². The monoisotopic (exact) mass is 315 g/mol. The Morgan fingerprint density at radius 2 is 1.74 bits per heavy atom. The van der Waals surface area contributed by atoms with Gasteiger partial charge in [0, 0.05) is 25.2 Å². The summed E-state index contributed by atoms with van der Waals surface area (Å²) in [6.45, 7) is 0.402. The van der Waals surface area contributed by atoms with E-state index in [-0.39, 0.29) is 12.2 Å². The number of hydrogen-bond donors (Lipinski definition) is 3. The smallest absolute Gasteiger partial charge is 0.315 e. The van der Waals surface area contributed by atoms with Crippen LogP contribution in [0.5, 0.6) is 0 Å². The Morgan fingerprint density at radius 1 is 1.09 bits per heavy atom. The van der Waals surface area contributed by atoms with Gasteiger partial charge in [0.2, 0.25) is 0 Å². The molecule has 23 heavy (non-hydrogen) atoms. The molecule has 0 spiro atoms. The number of aliphatic hydroxyl groups excluding tert-OH is 1. The molecule has 0 aliphatic carbocycles. The molecule has 2 aromatic carbocycles. The predicted octanol–water partition coefficient (Wildman–Crippen LogP) is 2.13. The average Bonchev–Trinajstić information content (AvgIpc) is 2.58. The van der Waals surface area contributed by atoms with E-state index in [2.05, 4.69) is 10.6 Å². The summed E-state index contributed by atoms with van der Waals surface area (Å²) in [5.41, 5.74) is 1.42. The number of urea groups is 1. The molecule has 0 heterocycles. The summed E-state index contributed by atoms with van der Waals surface area (Å²) in [5.74, 6) is 0. The summed E-state index contributed by atoms with van der Waals surface area (Å²) in [7, 11) is 0. The Balaban J connectivity index is 1.78. The van der Waals surface area contributed by atoms with Crippen LogP contribution < -0.4 is 10.6 Å². The molecule has 2 amide bonds. The SMILES string of the molecule is O=C(NCc1ccccc1)NCC(O)c1ccc([N+](=O)[O-])cc1. The van der Waals surface area contributed by atoms with E-state index >= 15 is 0 Å². The minimum Gasteiger partial charge on any atom is -0.387 e. The van der Waals surface area contributed by atoms with Gasteiger partial charge in [0.05, 0.1) is 11.0 Å². The molecule has 0 radical (unpaired) electrons. The van der Waals surface area contributed by atoms with Gasteiger partial charge in [0.1, 0.15) is 0 Å². The maximum atomic E-state index is 11.7. The second-order valence-corrected chi connectivity index (χ2v) is 4.91. The Labute approximate surface area is 133 Å². The van der Waals surface area contributed by atoms with Crippen LogP contribution in [0, 0.1) is 10.1 Å². The fourth-order valence-electron chi connectivity index (χ4n) is 1.97. The number of nitrogens with one attached hydrogen (secondary N) is 2. The molecule has 1 unspecified atom stereocenters. The van der Waals surface area contributed by atoms with Crippen molar-refractivity contribution >= 4 is 11.7 Å². The van der Waals surface area contributed by atoms with Gasteiger partial charge in [-0.05, 0) is 23.3 Å². The highest BCUT2D eigenvalue weighted by atomic mass is 16.6. The lowest BCUT2D eigenvalue weighted by molar-refractivity contribution is -0.384. The van der Waals surface area contributed by atoms with E-state index in [4.69, 9.17) is 0 Å². The lowest BCUT2D eigenvalue weighted by Gasteiger charge is -2.13. The van der Waals surface area contributed by atoms with Gasteiger partial charge in [-0.25, -0.2) is 4.79 Å². The first kappa shape index (κ1) is 16.4. The van der Waals surface area contributed by atoms with Crippen LogP contribution in [0.2, 0.25) is 0 Å². The molecule has 0 aliphatic rings. The van der Waals surface area contributed by atoms with Crippen LogP contribution in [0.3, 0.4) is 0 Å². The van der Waals surface area contributed by atoms with E-state index in [0.717, 1.165) is 5.56 Å². The first-order chi connectivity index (χ1) is 11.1. The number of carbonyl (C=O) groups is 1. The molecule has 7 heteroatoms. The molecule has 0 aromatic heterocycles. The maximum absolute atomic E-state index is 11.7. The zero-order chi connectivity index (χ0) is 16.7. The summed E-state index contributed by atoms with van der Waals surface area (Å²) >= 11 is 0. The van der Waals surface area contributed by atoms with E-state index in [1.54, 1.807) is 0 Å². The van der Waals surface area contributed by atoms with Crippen LogP contribution in [0.1, 0.15) is 17.2 Å². The number of nitro benzene ring substituents is 1. The summed E-state index contributed by atoms with van der Waals surface area (Å²) in [5, 5.41) is 25.8. The number of non-ortho nitro benzene ring substituents is 1. The zero-order valence-electron chi connectivity index (χ0n) is 12.3. The summed E-state index contributed by atoms with van der Waals surface area (Å²) in [6, 6.07) is 14.6. The maximum Gasteiger partial charge on any atom is 0.315 e. The lowest BCUT2D eigenvalue weighted by Crippen LogP contribution is -2.37. The lowest BCUT2D eigenvalue weighted by atomic mass is 10.1. The number of carbonyl (C=O) groups excluding carboxylic acids is 1. The number of nitrogens with zero attached hydrogens (tertiary/aromatic N) is 1. The second-order valence-electron chi connectivity index (χ2n) is 4.91.